The van der Waals surface area contributed by atoms with E-state index in [0.29, 0.717) is 33.3 Å². The highest BCUT2D eigenvalue weighted by Crippen LogP contribution is 2.22. The molecule has 0 saturated carbocycles. The van der Waals surface area contributed by atoms with Crippen molar-refractivity contribution in [3.05, 3.63) is 125 Å². The molecule has 0 radical (unpaired) electrons. The van der Waals surface area contributed by atoms with Crippen LogP contribution in [0.3, 0.4) is 0 Å². The summed E-state index contributed by atoms with van der Waals surface area (Å²) < 4.78 is 44.5. The van der Waals surface area contributed by atoms with Crippen LogP contribution in [0.5, 0.6) is 5.75 Å². The minimum Gasteiger partial charge on any atom is -0.484 e. The van der Waals surface area contributed by atoms with E-state index < -0.39 is 27.7 Å². The Morgan fingerprint density at radius 1 is 0.929 bits per heavy atom. The highest BCUT2D eigenvalue weighted by Gasteiger charge is 2.18. The van der Waals surface area contributed by atoms with Crippen LogP contribution in [0.25, 0.3) is 0 Å². The summed E-state index contributed by atoms with van der Waals surface area (Å²) in [7, 11) is -3.59. The van der Waals surface area contributed by atoms with Crippen LogP contribution in [0.15, 0.2) is 102 Å². The van der Waals surface area contributed by atoms with Gasteiger partial charge in [0.25, 0.3) is 11.8 Å². The standard InChI is InChI=1S/C30H26ClFN4O5S/c1-42(39,40)36(19-22-2-8-24(31)9-3-22)27-14-6-23(7-15-27)30(38)35-33-18-21-4-16-28(17-5-21)41-20-29(37)34-26-12-10-25(32)11-13-26/h2-18H,19-20H2,1H3,(H,34,37)(H,35,38)/b33-18-. The number of rotatable bonds is 11. The largest absolute Gasteiger partial charge is 0.484 e. The van der Waals surface area contributed by atoms with Crippen LogP contribution in [-0.4, -0.2) is 39.3 Å². The Kier molecular flexibility index (Phi) is 9.89. The van der Waals surface area contributed by atoms with Gasteiger partial charge in [0.1, 0.15) is 11.6 Å². The van der Waals surface area contributed by atoms with Crippen LogP contribution < -0.4 is 19.8 Å². The zero-order chi connectivity index (χ0) is 30.1. The zero-order valence-electron chi connectivity index (χ0n) is 22.3. The maximum atomic E-state index is 13.0. The van der Waals surface area contributed by atoms with E-state index in [-0.39, 0.29) is 13.2 Å². The van der Waals surface area contributed by atoms with Gasteiger partial charge in [0.05, 0.1) is 24.7 Å². The predicted octanol–water partition coefficient (Wildman–Crippen LogP) is 5.23. The Hall–Kier alpha value is -4.74. The molecule has 4 aromatic carbocycles. The van der Waals surface area contributed by atoms with Crippen LogP contribution in [-0.2, 0) is 21.4 Å². The number of nitrogens with one attached hydrogen (secondary N) is 2. The van der Waals surface area contributed by atoms with Crippen molar-refractivity contribution in [3.63, 3.8) is 0 Å². The van der Waals surface area contributed by atoms with Crippen molar-refractivity contribution in [2.75, 3.05) is 22.5 Å². The Bertz CT molecular complexity index is 1660. The Morgan fingerprint density at radius 3 is 2.19 bits per heavy atom. The first kappa shape index (κ1) is 30.2. The van der Waals surface area contributed by atoms with Gasteiger partial charge in [-0.2, -0.15) is 5.10 Å². The Balaban J connectivity index is 1.28. The van der Waals surface area contributed by atoms with Gasteiger partial charge in [-0.3, -0.25) is 13.9 Å². The number of halogens is 2. The summed E-state index contributed by atoms with van der Waals surface area (Å²) in [5.41, 5.74) is 5.01. The topological polar surface area (TPSA) is 117 Å². The Morgan fingerprint density at radius 2 is 1.57 bits per heavy atom. The first-order valence-corrected chi connectivity index (χ1v) is 14.7. The smallest absolute Gasteiger partial charge is 0.271 e. The second kappa shape index (κ2) is 13.7. The highest BCUT2D eigenvalue weighted by molar-refractivity contribution is 7.92. The molecule has 42 heavy (non-hydrogen) atoms. The molecule has 0 aliphatic heterocycles. The minimum atomic E-state index is -3.59. The molecule has 2 amide bonds. The second-order valence-corrected chi connectivity index (χ2v) is 11.4. The third-order valence-electron chi connectivity index (χ3n) is 5.81. The molecule has 0 saturated heterocycles. The summed E-state index contributed by atoms with van der Waals surface area (Å²) in [6.45, 7) is -0.123. The number of carbonyl (C=O) groups excluding carboxylic acids is 2. The molecule has 0 bridgehead atoms. The number of nitrogens with zero attached hydrogens (tertiary/aromatic N) is 2. The number of benzene rings is 4. The molecule has 4 rings (SSSR count). The quantitative estimate of drug-likeness (QED) is 0.179. The number of amides is 2. The maximum Gasteiger partial charge on any atom is 0.271 e. The van der Waals surface area contributed by atoms with Gasteiger partial charge >= 0.3 is 0 Å². The third-order valence-corrected chi connectivity index (χ3v) is 7.21. The summed E-state index contributed by atoms with van der Waals surface area (Å²) in [4.78, 5) is 24.6. The molecule has 0 aromatic heterocycles. The fraction of sp³-hybridized carbons (Fsp3) is 0.100. The van der Waals surface area contributed by atoms with Gasteiger partial charge in [-0.1, -0.05) is 23.7 Å². The number of ether oxygens (including phenoxy) is 1. The first-order chi connectivity index (χ1) is 20.1. The van der Waals surface area contributed by atoms with Gasteiger partial charge in [-0.25, -0.2) is 18.2 Å². The lowest BCUT2D eigenvalue weighted by Gasteiger charge is -2.22. The lowest BCUT2D eigenvalue weighted by molar-refractivity contribution is -0.118. The molecular weight excluding hydrogens is 583 g/mol. The molecule has 0 atom stereocenters. The molecule has 0 fully saturated rings. The molecule has 12 heteroatoms. The number of carbonyl (C=O) groups is 2. The molecular formula is C30H26ClFN4O5S. The number of hydrazone groups is 1. The van der Waals surface area contributed by atoms with Crippen molar-refractivity contribution in [2.24, 2.45) is 5.10 Å². The van der Waals surface area contributed by atoms with Crippen molar-refractivity contribution in [1.82, 2.24) is 5.43 Å². The predicted molar refractivity (Wildman–Crippen MR) is 161 cm³/mol. The second-order valence-electron chi connectivity index (χ2n) is 9.05. The van der Waals surface area contributed by atoms with Gasteiger partial charge in [-0.15, -0.1) is 0 Å². The molecule has 0 heterocycles. The number of hydrogen-bond acceptors (Lipinski definition) is 6. The lowest BCUT2D eigenvalue weighted by atomic mass is 10.2. The normalized spacial score (nSPS) is 11.2. The van der Waals surface area contributed by atoms with Gasteiger partial charge in [0.15, 0.2) is 6.61 Å². The third kappa shape index (κ3) is 8.88. The van der Waals surface area contributed by atoms with E-state index in [1.54, 1.807) is 60.7 Å². The van der Waals surface area contributed by atoms with Crippen molar-refractivity contribution >= 4 is 51.0 Å². The fourth-order valence-corrected chi connectivity index (χ4v) is 4.71. The van der Waals surface area contributed by atoms with Gasteiger partial charge < -0.3 is 10.1 Å². The SMILES string of the molecule is CS(=O)(=O)N(Cc1ccc(Cl)cc1)c1ccc(C(=O)N/N=C\c2ccc(OCC(=O)Nc3ccc(F)cc3)cc2)cc1. The number of sulfonamides is 1. The zero-order valence-corrected chi connectivity index (χ0v) is 23.9. The minimum absolute atomic E-state index is 0.110. The van der Waals surface area contributed by atoms with Gasteiger partial charge in [0, 0.05) is 16.3 Å². The average molecular weight is 609 g/mol. The van der Waals surface area contributed by atoms with Crippen molar-refractivity contribution in [3.8, 4) is 5.75 Å². The van der Waals surface area contributed by atoms with E-state index in [0.717, 1.165) is 11.8 Å². The van der Waals surface area contributed by atoms with Crippen molar-refractivity contribution < 1.29 is 27.1 Å². The van der Waals surface area contributed by atoms with Crippen molar-refractivity contribution in [1.29, 1.82) is 0 Å². The molecule has 2 N–H and O–H groups in total. The molecule has 4 aromatic rings. The number of hydrogen-bond donors (Lipinski definition) is 2. The molecule has 0 unspecified atom stereocenters. The van der Waals surface area contributed by atoms with Crippen LogP contribution in [0.4, 0.5) is 15.8 Å². The Labute approximate surface area is 247 Å². The molecule has 0 aliphatic rings. The summed E-state index contributed by atoms with van der Waals surface area (Å²) in [6, 6.07) is 25.1. The summed E-state index contributed by atoms with van der Waals surface area (Å²) in [5, 5.41) is 7.12. The molecule has 0 aliphatic carbocycles. The number of anilines is 2. The van der Waals surface area contributed by atoms with E-state index in [1.807, 2.05) is 0 Å². The molecule has 9 nitrogen and oxygen atoms in total. The van der Waals surface area contributed by atoms with Crippen LogP contribution in [0.1, 0.15) is 21.5 Å². The average Bonchev–Trinajstić information content (AvgIpc) is 2.97. The van der Waals surface area contributed by atoms with Crippen LogP contribution >= 0.6 is 11.6 Å². The first-order valence-electron chi connectivity index (χ1n) is 12.5. The summed E-state index contributed by atoms with van der Waals surface area (Å²) >= 11 is 5.92. The van der Waals surface area contributed by atoms with E-state index in [4.69, 9.17) is 16.3 Å². The van der Waals surface area contributed by atoms with Crippen LogP contribution in [0, 0.1) is 5.82 Å². The van der Waals surface area contributed by atoms with E-state index in [2.05, 4.69) is 15.8 Å². The van der Waals surface area contributed by atoms with E-state index in [9.17, 15) is 22.4 Å². The fourth-order valence-electron chi connectivity index (χ4n) is 3.69. The van der Waals surface area contributed by atoms with Gasteiger partial charge in [0.2, 0.25) is 10.0 Å². The van der Waals surface area contributed by atoms with E-state index >= 15 is 0 Å². The highest BCUT2D eigenvalue weighted by atomic mass is 35.5. The lowest BCUT2D eigenvalue weighted by Crippen LogP contribution is -2.29. The van der Waals surface area contributed by atoms with Crippen LogP contribution in [0.2, 0.25) is 5.02 Å². The van der Waals surface area contributed by atoms with E-state index in [1.165, 1.54) is 46.9 Å². The summed E-state index contributed by atoms with van der Waals surface area (Å²) in [6.07, 6.45) is 2.55. The van der Waals surface area contributed by atoms with Gasteiger partial charge in [-0.05, 0) is 96.1 Å². The van der Waals surface area contributed by atoms with Crippen molar-refractivity contribution in [2.45, 2.75) is 6.54 Å². The monoisotopic (exact) mass is 608 g/mol. The maximum absolute atomic E-state index is 13.0. The molecule has 216 valence electrons. The summed E-state index contributed by atoms with van der Waals surface area (Å²) in [5.74, 6) is -0.821. The molecule has 0 spiro atoms.